The number of nitrogens with zero attached hydrogens (tertiary/aromatic N) is 2. The zero-order valence-corrected chi connectivity index (χ0v) is 13.0. The molecule has 3 atom stereocenters. The van der Waals surface area contributed by atoms with E-state index in [0.717, 1.165) is 38.8 Å². The van der Waals surface area contributed by atoms with E-state index >= 15 is 0 Å². The maximum absolute atomic E-state index is 8.87. The van der Waals surface area contributed by atoms with Crippen molar-refractivity contribution < 1.29 is 4.74 Å². The molecule has 1 fully saturated rings. The Morgan fingerprint density at radius 1 is 1.40 bits per heavy atom. The van der Waals surface area contributed by atoms with Crippen molar-refractivity contribution in [3.05, 3.63) is 11.6 Å². The molecule has 0 spiro atoms. The van der Waals surface area contributed by atoms with Crippen LogP contribution >= 0.6 is 0 Å². The van der Waals surface area contributed by atoms with Crippen molar-refractivity contribution in [3.8, 4) is 6.07 Å². The number of ether oxygens (including phenoxy) is 1. The highest BCUT2D eigenvalue weighted by Gasteiger charge is 2.26. The van der Waals surface area contributed by atoms with Crippen LogP contribution < -0.4 is 0 Å². The monoisotopic (exact) mass is 276 g/mol. The first-order valence-corrected chi connectivity index (χ1v) is 8.04. The van der Waals surface area contributed by atoms with Gasteiger partial charge in [0, 0.05) is 32.7 Å². The fraction of sp³-hybridized carbons (Fsp3) is 0.824. The Hall–Kier alpha value is -0.850. The van der Waals surface area contributed by atoms with Gasteiger partial charge in [0.1, 0.15) is 0 Å². The molecule has 0 aromatic heterocycles. The Bertz CT molecular complexity index is 366. The second-order valence-electron chi connectivity index (χ2n) is 6.51. The van der Waals surface area contributed by atoms with Crippen molar-refractivity contribution >= 4 is 0 Å². The van der Waals surface area contributed by atoms with Crippen LogP contribution in [0.1, 0.15) is 39.5 Å². The maximum Gasteiger partial charge on any atom is 0.0635 e. The zero-order valence-electron chi connectivity index (χ0n) is 13.0. The SMILES string of the molecule is CC1=CCC[C@H](C)[C@@H]1CN(CCC#N)C[C@@H]1CCOC1. The molecule has 0 N–H and O–H groups in total. The highest BCUT2D eigenvalue weighted by atomic mass is 16.5. The maximum atomic E-state index is 8.87. The average Bonchev–Trinajstić information content (AvgIpc) is 2.93. The van der Waals surface area contributed by atoms with Crippen molar-refractivity contribution in [1.82, 2.24) is 4.90 Å². The van der Waals surface area contributed by atoms with Crippen LogP contribution in [-0.2, 0) is 4.74 Å². The summed E-state index contributed by atoms with van der Waals surface area (Å²) < 4.78 is 5.49. The topological polar surface area (TPSA) is 36.3 Å². The van der Waals surface area contributed by atoms with E-state index in [2.05, 4.69) is 30.9 Å². The summed E-state index contributed by atoms with van der Waals surface area (Å²) >= 11 is 0. The molecule has 0 unspecified atom stereocenters. The highest BCUT2D eigenvalue weighted by molar-refractivity contribution is 5.09. The van der Waals surface area contributed by atoms with Gasteiger partial charge in [0.25, 0.3) is 0 Å². The number of hydrogen-bond donors (Lipinski definition) is 0. The second-order valence-corrected chi connectivity index (χ2v) is 6.51. The molecule has 3 nitrogen and oxygen atoms in total. The molecule has 2 aliphatic rings. The first kappa shape index (κ1) is 15.5. The molecule has 0 bridgehead atoms. The van der Waals surface area contributed by atoms with E-state index in [1.807, 2.05) is 0 Å². The molecule has 112 valence electrons. The lowest BCUT2D eigenvalue weighted by atomic mass is 9.79. The minimum Gasteiger partial charge on any atom is -0.381 e. The van der Waals surface area contributed by atoms with E-state index in [9.17, 15) is 0 Å². The minimum atomic E-state index is 0.636. The zero-order chi connectivity index (χ0) is 14.4. The van der Waals surface area contributed by atoms with E-state index < -0.39 is 0 Å². The molecule has 0 amide bonds. The predicted octanol–water partition coefficient (Wildman–Crippen LogP) is 3.23. The third kappa shape index (κ3) is 4.33. The van der Waals surface area contributed by atoms with Gasteiger partial charge in [-0.05, 0) is 43.9 Å². The summed E-state index contributed by atoms with van der Waals surface area (Å²) in [4.78, 5) is 2.51. The summed E-state index contributed by atoms with van der Waals surface area (Å²) in [5.41, 5.74) is 1.55. The summed E-state index contributed by atoms with van der Waals surface area (Å²) in [7, 11) is 0. The van der Waals surface area contributed by atoms with Crippen molar-refractivity contribution in [3.63, 3.8) is 0 Å². The van der Waals surface area contributed by atoms with Crippen LogP contribution in [0.25, 0.3) is 0 Å². The standard InChI is InChI=1S/C17H28N2O/c1-14-5-3-6-15(2)17(14)12-19(9-4-8-18)11-16-7-10-20-13-16/h5,15-17H,3-4,6-7,9-13H2,1-2H3/t15-,16-,17+/m0/s1. The third-order valence-electron chi connectivity index (χ3n) is 4.90. The van der Waals surface area contributed by atoms with Crippen molar-refractivity contribution in [1.29, 1.82) is 5.26 Å². The molecule has 1 aliphatic heterocycles. The van der Waals surface area contributed by atoms with E-state index in [0.29, 0.717) is 18.3 Å². The van der Waals surface area contributed by atoms with E-state index in [1.165, 1.54) is 19.3 Å². The normalized spacial score (nSPS) is 30.3. The molecule has 20 heavy (non-hydrogen) atoms. The third-order valence-corrected chi connectivity index (χ3v) is 4.90. The smallest absolute Gasteiger partial charge is 0.0635 e. The Morgan fingerprint density at radius 2 is 2.25 bits per heavy atom. The molecule has 0 aromatic rings. The van der Waals surface area contributed by atoms with Crippen LogP contribution in [0.3, 0.4) is 0 Å². The van der Waals surface area contributed by atoms with Gasteiger partial charge >= 0.3 is 0 Å². The number of hydrogen-bond acceptors (Lipinski definition) is 3. The summed E-state index contributed by atoms with van der Waals surface area (Å²) in [6, 6.07) is 2.30. The average molecular weight is 276 g/mol. The molecule has 1 saturated heterocycles. The van der Waals surface area contributed by atoms with Crippen LogP contribution in [0.4, 0.5) is 0 Å². The molecule has 0 radical (unpaired) electrons. The molecular weight excluding hydrogens is 248 g/mol. The Labute approximate surface area is 123 Å². The van der Waals surface area contributed by atoms with Crippen molar-refractivity contribution in [2.45, 2.75) is 39.5 Å². The second kappa shape index (κ2) is 7.81. The van der Waals surface area contributed by atoms with Crippen molar-refractivity contribution in [2.75, 3.05) is 32.8 Å². The van der Waals surface area contributed by atoms with Crippen LogP contribution in [0.15, 0.2) is 11.6 Å². The molecule has 0 aromatic carbocycles. The number of allylic oxidation sites excluding steroid dienone is 1. The van der Waals surface area contributed by atoms with Gasteiger partial charge in [-0.3, -0.25) is 0 Å². The molecule has 1 aliphatic carbocycles. The van der Waals surface area contributed by atoms with Gasteiger partial charge in [-0.2, -0.15) is 5.26 Å². The lowest BCUT2D eigenvalue weighted by Crippen LogP contribution is -2.37. The fourth-order valence-electron chi connectivity index (χ4n) is 3.54. The lowest BCUT2D eigenvalue weighted by Gasteiger charge is -2.34. The Balaban J connectivity index is 1.93. The summed E-state index contributed by atoms with van der Waals surface area (Å²) in [6.07, 6.45) is 6.76. The van der Waals surface area contributed by atoms with Gasteiger partial charge < -0.3 is 9.64 Å². The van der Waals surface area contributed by atoms with Gasteiger partial charge in [-0.25, -0.2) is 0 Å². The van der Waals surface area contributed by atoms with Crippen molar-refractivity contribution in [2.24, 2.45) is 17.8 Å². The summed E-state index contributed by atoms with van der Waals surface area (Å²) in [6.45, 7) is 9.58. The summed E-state index contributed by atoms with van der Waals surface area (Å²) in [5, 5.41) is 8.87. The summed E-state index contributed by atoms with van der Waals surface area (Å²) in [5.74, 6) is 2.10. The van der Waals surface area contributed by atoms with Gasteiger partial charge in [0.15, 0.2) is 0 Å². The minimum absolute atomic E-state index is 0.636. The Kier molecular flexibility index (Phi) is 6.06. The molecule has 1 heterocycles. The van der Waals surface area contributed by atoms with E-state index in [-0.39, 0.29) is 0 Å². The first-order chi connectivity index (χ1) is 9.70. The molecule has 3 heteroatoms. The van der Waals surface area contributed by atoms with Crippen LogP contribution in [-0.4, -0.2) is 37.7 Å². The number of rotatable bonds is 6. The first-order valence-electron chi connectivity index (χ1n) is 8.04. The van der Waals surface area contributed by atoms with Crippen LogP contribution in [0, 0.1) is 29.1 Å². The highest BCUT2D eigenvalue weighted by Crippen LogP contribution is 2.31. The molecule has 0 saturated carbocycles. The Morgan fingerprint density at radius 3 is 2.90 bits per heavy atom. The quantitative estimate of drug-likeness (QED) is 0.699. The predicted molar refractivity (Wildman–Crippen MR) is 81.2 cm³/mol. The van der Waals surface area contributed by atoms with Gasteiger partial charge in [-0.15, -0.1) is 0 Å². The van der Waals surface area contributed by atoms with Gasteiger partial charge in [0.2, 0.25) is 0 Å². The van der Waals surface area contributed by atoms with Gasteiger partial charge in [0.05, 0.1) is 12.7 Å². The largest absolute Gasteiger partial charge is 0.381 e. The fourth-order valence-corrected chi connectivity index (χ4v) is 3.54. The lowest BCUT2D eigenvalue weighted by molar-refractivity contribution is 0.153. The number of nitriles is 1. The van der Waals surface area contributed by atoms with Gasteiger partial charge in [-0.1, -0.05) is 18.6 Å². The van der Waals surface area contributed by atoms with E-state index in [1.54, 1.807) is 5.57 Å². The molecule has 2 rings (SSSR count). The molecular formula is C17H28N2O. The van der Waals surface area contributed by atoms with Crippen LogP contribution in [0.2, 0.25) is 0 Å². The van der Waals surface area contributed by atoms with Crippen LogP contribution in [0.5, 0.6) is 0 Å². The van der Waals surface area contributed by atoms with E-state index in [4.69, 9.17) is 10.00 Å².